The highest BCUT2D eigenvalue weighted by atomic mass is 35.5. The van der Waals surface area contributed by atoms with Crippen LogP contribution in [0.2, 0.25) is 5.02 Å². The van der Waals surface area contributed by atoms with Gasteiger partial charge in [-0.15, -0.1) is 0 Å². The largest absolute Gasteiger partial charge is 0.381 e. The van der Waals surface area contributed by atoms with E-state index >= 15 is 0 Å². The molecular formula is C16H17ClN2O2. The van der Waals surface area contributed by atoms with Gasteiger partial charge in [0, 0.05) is 25.6 Å². The second-order valence-electron chi connectivity index (χ2n) is 5.23. The summed E-state index contributed by atoms with van der Waals surface area (Å²) in [5.74, 6) is -0.0581. The molecule has 0 atom stereocenters. The van der Waals surface area contributed by atoms with E-state index in [0.29, 0.717) is 23.8 Å². The van der Waals surface area contributed by atoms with E-state index in [1.165, 1.54) is 0 Å². The number of nitrogens with zero attached hydrogens (tertiary/aromatic N) is 2. The molecule has 1 saturated heterocycles. The van der Waals surface area contributed by atoms with E-state index in [1.54, 1.807) is 13.2 Å². The van der Waals surface area contributed by atoms with Crippen LogP contribution in [0.4, 0.5) is 0 Å². The summed E-state index contributed by atoms with van der Waals surface area (Å²) in [6, 6.07) is 9.24. The highest BCUT2D eigenvalue weighted by Gasteiger charge is 2.24. The molecule has 0 saturated carbocycles. The number of carbonyl (C=O) groups excluding carboxylic acids is 1. The number of carbonyl (C=O) groups is 1. The van der Waals surface area contributed by atoms with Crippen molar-refractivity contribution in [1.82, 2.24) is 9.88 Å². The number of aromatic nitrogens is 1. The summed E-state index contributed by atoms with van der Waals surface area (Å²) in [6.45, 7) is 1.40. The van der Waals surface area contributed by atoms with Gasteiger partial charge in [0.05, 0.1) is 16.6 Å². The number of amides is 1. The fraction of sp³-hybridized carbons (Fsp3) is 0.375. The summed E-state index contributed by atoms with van der Waals surface area (Å²) >= 11 is 6.26. The van der Waals surface area contributed by atoms with E-state index in [9.17, 15) is 4.79 Å². The second kappa shape index (κ2) is 6.00. The number of hydrogen-bond acceptors (Lipinski definition) is 3. The molecule has 1 aromatic heterocycles. The minimum Gasteiger partial charge on any atom is -0.381 e. The SMILES string of the molecule is COC1CCN(C(=O)c2cc(Cl)c3ccccc3n2)CC1. The number of benzene rings is 1. The first-order valence-corrected chi connectivity index (χ1v) is 7.44. The number of fused-ring (bicyclic) bond motifs is 1. The minimum absolute atomic E-state index is 0.0581. The average Bonchev–Trinajstić information content (AvgIpc) is 2.54. The maximum absolute atomic E-state index is 12.6. The summed E-state index contributed by atoms with van der Waals surface area (Å²) in [7, 11) is 1.72. The van der Waals surface area contributed by atoms with Crippen LogP contribution < -0.4 is 0 Å². The van der Waals surface area contributed by atoms with E-state index in [4.69, 9.17) is 16.3 Å². The number of halogens is 1. The van der Waals surface area contributed by atoms with Gasteiger partial charge in [-0.1, -0.05) is 29.8 Å². The van der Waals surface area contributed by atoms with Gasteiger partial charge in [-0.2, -0.15) is 0 Å². The predicted octanol–water partition coefficient (Wildman–Crippen LogP) is 3.14. The summed E-state index contributed by atoms with van der Waals surface area (Å²) in [5.41, 5.74) is 1.16. The van der Waals surface area contributed by atoms with Crippen molar-refractivity contribution in [2.75, 3.05) is 20.2 Å². The maximum atomic E-state index is 12.6. The van der Waals surface area contributed by atoms with E-state index in [1.807, 2.05) is 29.2 Å². The quantitative estimate of drug-likeness (QED) is 0.856. The number of methoxy groups -OCH3 is 1. The molecule has 5 heteroatoms. The smallest absolute Gasteiger partial charge is 0.272 e. The van der Waals surface area contributed by atoms with Crippen molar-refractivity contribution in [3.63, 3.8) is 0 Å². The van der Waals surface area contributed by atoms with Gasteiger partial charge in [-0.3, -0.25) is 4.79 Å². The molecule has 110 valence electrons. The molecule has 2 heterocycles. The zero-order chi connectivity index (χ0) is 14.8. The number of pyridine rings is 1. The zero-order valence-corrected chi connectivity index (χ0v) is 12.6. The van der Waals surface area contributed by atoms with Crippen molar-refractivity contribution in [2.24, 2.45) is 0 Å². The van der Waals surface area contributed by atoms with Crippen LogP contribution in [-0.2, 0) is 4.74 Å². The highest BCUT2D eigenvalue weighted by molar-refractivity contribution is 6.35. The molecule has 3 rings (SSSR count). The van der Waals surface area contributed by atoms with E-state index in [0.717, 1.165) is 23.7 Å². The lowest BCUT2D eigenvalue weighted by Crippen LogP contribution is -2.40. The highest BCUT2D eigenvalue weighted by Crippen LogP contribution is 2.24. The molecule has 0 aliphatic carbocycles. The van der Waals surface area contributed by atoms with Crippen molar-refractivity contribution in [2.45, 2.75) is 18.9 Å². The summed E-state index contributed by atoms with van der Waals surface area (Å²) in [6.07, 6.45) is 1.98. The topological polar surface area (TPSA) is 42.4 Å². The molecular weight excluding hydrogens is 288 g/mol. The Morgan fingerprint density at radius 1 is 1.33 bits per heavy atom. The lowest BCUT2D eigenvalue weighted by molar-refractivity contribution is 0.0348. The van der Waals surface area contributed by atoms with Crippen molar-refractivity contribution >= 4 is 28.4 Å². The molecule has 1 aliphatic rings. The van der Waals surface area contributed by atoms with E-state index in [2.05, 4.69) is 4.98 Å². The Morgan fingerprint density at radius 3 is 2.76 bits per heavy atom. The average molecular weight is 305 g/mol. The lowest BCUT2D eigenvalue weighted by Gasteiger charge is -2.31. The van der Waals surface area contributed by atoms with Gasteiger partial charge in [0.1, 0.15) is 5.69 Å². The van der Waals surface area contributed by atoms with E-state index < -0.39 is 0 Å². The Morgan fingerprint density at radius 2 is 2.05 bits per heavy atom. The molecule has 0 N–H and O–H groups in total. The molecule has 1 amide bonds. The number of hydrogen-bond donors (Lipinski definition) is 0. The van der Waals surface area contributed by atoms with Crippen molar-refractivity contribution in [3.05, 3.63) is 41.0 Å². The van der Waals surface area contributed by atoms with Crippen LogP contribution in [0, 0.1) is 0 Å². The van der Waals surface area contributed by atoms with E-state index in [-0.39, 0.29) is 12.0 Å². The van der Waals surface area contributed by atoms with Gasteiger partial charge in [0.15, 0.2) is 0 Å². The standard InChI is InChI=1S/C16H17ClN2O2/c1-21-11-6-8-19(9-7-11)16(20)15-10-13(17)12-4-2-3-5-14(12)18-15/h2-5,10-11H,6-9H2,1H3. The third-order valence-electron chi connectivity index (χ3n) is 3.95. The zero-order valence-electron chi connectivity index (χ0n) is 11.9. The van der Waals surface area contributed by atoms with Gasteiger partial charge in [0.2, 0.25) is 0 Å². The third-order valence-corrected chi connectivity index (χ3v) is 4.26. The lowest BCUT2D eigenvalue weighted by atomic mass is 10.1. The van der Waals surface area contributed by atoms with Crippen molar-refractivity contribution in [3.8, 4) is 0 Å². The van der Waals surface area contributed by atoms with Gasteiger partial charge < -0.3 is 9.64 Å². The number of piperidine rings is 1. The van der Waals surface area contributed by atoms with Crippen LogP contribution in [0.25, 0.3) is 10.9 Å². The fourth-order valence-corrected chi connectivity index (χ4v) is 2.96. The van der Waals surface area contributed by atoms with Crippen LogP contribution in [0.1, 0.15) is 23.3 Å². The van der Waals surface area contributed by atoms with Crippen molar-refractivity contribution < 1.29 is 9.53 Å². The van der Waals surface area contributed by atoms with Gasteiger partial charge in [0.25, 0.3) is 5.91 Å². The Kier molecular flexibility index (Phi) is 4.08. The Bertz CT molecular complexity index is 666. The van der Waals surface area contributed by atoms with Gasteiger partial charge in [-0.25, -0.2) is 4.98 Å². The minimum atomic E-state index is -0.0581. The fourth-order valence-electron chi connectivity index (χ4n) is 2.70. The molecule has 0 unspecified atom stereocenters. The Labute approximate surface area is 128 Å². The number of para-hydroxylation sites is 1. The Hall–Kier alpha value is -1.65. The molecule has 0 spiro atoms. The molecule has 0 bridgehead atoms. The first kappa shape index (κ1) is 14.3. The van der Waals surface area contributed by atoms with Crippen LogP contribution in [0.15, 0.2) is 30.3 Å². The molecule has 4 nitrogen and oxygen atoms in total. The van der Waals surface area contributed by atoms with Crippen LogP contribution >= 0.6 is 11.6 Å². The summed E-state index contributed by atoms with van der Waals surface area (Å²) in [4.78, 5) is 18.8. The maximum Gasteiger partial charge on any atom is 0.272 e. The molecule has 1 aliphatic heterocycles. The van der Waals surface area contributed by atoms with Gasteiger partial charge in [-0.05, 0) is 25.0 Å². The molecule has 1 fully saturated rings. The summed E-state index contributed by atoms with van der Waals surface area (Å²) < 4.78 is 5.33. The number of ether oxygens (including phenoxy) is 1. The van der Waals surface area contributed by atoms with Crippen LogP contribution in [-0.4, -0.2) is 42.1 Å². The second-order valence-corrected chi connectivity index (χ2v) is 5.64. The Balaban J connectivity index is 1.85. The number of likely N-dealkylation sites (tertiary alicyclic amines) is 1. The third kappa shape index (κ3) is 2.87. The number of rotatable bonds is 2. The molecule has 1 aromatic carbocycles. The predicted molar refractivity (Wildman–Crippen MR) is 82.7 cm³/mol. The van der Waals surface area contributed by atoms with Crippen LogP contribution in [0.3, 0.4) is 0 Å². The first-order valence-electron chi connectivity index (χ1n) is 7.06. The monoisotopic (exact) mass is 304 g/mol. The normalized spacial score (nSPS) is 16.4. The molecule has 2 aromatic rings. The van der Waals surface area contributed by atoms with Crippen LogP contribution in [0.5, 0.6) is 0 Å². The summed E-state index contributed by atoms with van der Waals surface area (Å²) in [5, 5.41) is 1.43. The molecule has 0 radical (unpaired) electrons. The van der Waals surface area contributed by atoms with Gasteiger partial charge >= 0.3 is 0 Å². The van der Waals surface area contributed by atoms with Crippen molar-refractivity contribution in [1.29, 1.82) is 0 Å². The molecule has 21 heavy (non-hydrogen) atoms. The first-order chi connectivity index (χ1) is 10.2.